The van der Waals surface area contributed by atoms with Crippen LogP contribution in [0.25, 0.3) is 0 Å². The summed E-state index contributed by atoms with van der Waals surface area (Å²) in [6.45, 7) is 6.58. The van der Waals surface area contributed by atoms with Gasteiger partial charge in [-0.25, -0.2) is 0 Å². The number of hydrogen-bond donors (Lipinski definition) is 1. The summed E-state index contributed by atoms with van der Waals surface area (Å²) in [7, 11) is 0. The summed E-state index contributed by atoms with van der Waals surface area (Å²) in [6.07, 6.45) is 8.47. The summed E-state index contributed by atoms with van der Waals surface area (Å²) >= 11 is 6.44. The van der Waals surface area contributed by atoms with E-state index in [2.05, 4.69) is 28.9 Å². The van der Waals surface area contributed by atoms with Gasteiger partial charge < -0.3 is 5.32 Å². The normalized spacial score (nSPS) is 30.6. The van der Waals surface area contributed by atoms with Crippen LogP contribution in [0.1, 0.15) is 57.6 Å². The quantitative estimate of drug-likeness (QED) is 0.895. The second-order valence-electron chi connectivity index (χ2n) is 6.66. The van der Waals surface area contributed by atoms with Gasteiger partial charge in [0.05, 0.1) is 16.9 Å². The third-order valence-corrected chi connectivity index (χ3v) is 5.28. The van der Waals surface area contributed by atoms with Gasteiger partial charge in [0, 0.05) is 18.5 Å². The minimum atomic E-state index is 0.569. The topological polar surface area (TPSA) is 29.9 Å². The highest BCUT2D eigenvalue weighted by atomic mass is 35.5. The summed E-state index contributed by atoms with van der Waals surface area (Å²) < 4.78 is 2.11. The van der Waals surface area contributed by atoms with Gasteiger partial charge in [0.25, 0.3) is 0 Å². The van der Waals surface area contributed by atoms with Crippen LogP contribution >= 0.6 is 11.6 Å². The first-order chi connectivity index (χ1) is 9.69. The molecule has 1 aromatic heterocycles. The van der Waals surface area contributed by atoms with Gasteiger partial charge in [-0.05, 0) is 51.0 Å². The number of nitrogens with one attached hydrogen (secondary N) is 1. The first-order valence-corrected chi connectivity index (χ1v) is 8.51. The molecule has 2 aliphatic carbocycles. The molecule has 1 N–H and O–H groups in total. The maximum atomic E-state index is 6.44. The Morgan fingerprint density at radius 2 is 2.15 bits per heavy atom. The molecule has 0 radical (unpaired) electrons. The van der Waals surface area contributed by atoms with E-state index in [4.69, 9.17) is 11.6 Å². The van der Waals surface area contributed by atoms with E-state index >= 15 is 0 Å². The Morgan fingerprint density at radius 1 is 1.35 bits per heavy atom. The summed E-state index contributed by atoms with van der Waals surface area (Å²) in [6, 6.07) is 0.793. The molecule has 0 aliphatic heterocycles. The van der Waals surface area contributed by atoms with Gasteiger partial charge in [0.1, 0.15) is 0 Å². The fraction of sp³-hybridized carbons (Fsp3) is 0.812. The second kappa shape index (κ2) is 6.07. The zero-order valence-electron chi connectivity index (χ0n) is 12.6. The van der Waals surface area contributed by atoms with Crippen molar-refractivity contribution in [3.63, 3.8) is 0 Å². The van der Waals surface area contributed by atoms with Crippen molar-refractivity contribution in [2.24, 2.45) is 11.8 Å². The van der Waals surface area contributed by atoms with E-state index < -0.39 is 0 Å². The lowest BCUT2D eigenvalue weighted by molar-refractivity contribution is 0.232. The Kier molecular flexibility index (Phi) is 4.37. The highest BCUT2D eigenvalue weighted by molar-refractivity contribution is 6.31. The van der Waals surface area contributed by atoms with Gasteiger partial charge in [-0.2, -0.15) is 5.10 Å². The van der Waals surface area contributed by atoms with Crippen LogP contribution in [0.3, 0.4) is 0 Å². The summed E-state index contributed by atoms with van der Waals surface area (Å²) in [5, 5.41) is 9.02. The molecule has 3 nitrogen and oxygen atoms in total. The van der Waals surface area contributed by atoms with E-state index in [9.17, 15) is 0 Å². The molecular formula is C16H26ClN3. The van der Waals surface area contributed by atoms with Crippen molar-refractivity contribution >= 4 is 11.6 Å². The van der Waals surface area contributed by atoms with Crippen molar-refractivity contribution in [2.75, 3.05) is 6.54 Å². The highest BCUT2D eigenvalue weighted by Gasteiger charge is 2.34. The third kappa shape index (κ3) is 3.04. The van der Waals surface area contributed by atoms with Crippen molar-refractivity contribution < 1.29 is 0 Å². The van der Waals surface area contributed by atoms with Crippen molar-refractivity contribution in [3.8, 4) is 0 Å². The molecule has 1 heterocycles. The van der Waals surface area contributed by atoms with Crippen LogP contribution in [0.2, 0.25) is 5.02 Å². The largest absolute Gasteiger partial charge is 0.314 e. The molecule has 0 amide bonds. The van der Waals surface area contributed by atoms with Crippen LogP contribution in [0.5, 0.6) is 0 Å². The third-order valence-electron chi connectivity index (χ3n) is 4.99. The Hall–Kier alpha value is -0.540. The Labute approximate surface area is 127 Å². The monoisotopic (exact) mass is 295 g/mol. The number of halogens is 1. The number of rotatable bonds is 5. The molecule has 0 aromatic carbocycles. The predicted molar refractivity (Wildman–Crippen MR) is 83.2 cm³/mol. The average molecular weight is 296 g/mol. The lowest BCUT2D eigenvalue weighted by Gasteiger charge is -2.35. The minimum absolute atomic E-state index is 0.569. The molecule has 1 aromatic rings. The first kappa shape index (κ1) is 14.4. The molecule has 2 saturated carbocycles. The van der Waals surface area contributed by atoms with Gasteiger partial charge in [0.15, 0.2) is 0 Å². The first-order valence-electron chi connectivity index (χ1n) is 8.13. The van der Waals surface area contributed by atoms with Crippen molar-refractivity contribution in [2.45, 2.75) is 64.5 Å². The molecule has 0 bridgehead atoms. The highest BCUT2D eigenvalue weighted by Crippen LogP contribution is 2.42. The predicted octanol–water partition coefficient (Wildman–Crippen LogP) is 3.83. The fourth-order valence-electron chi connectivity index (χ4n) is 3.62. The lowest BCUT2D eigenvalue weighted by atomic mass is 9.73. The molecular weight excluding hydrogens is 270 g/mol. The SMILES string of the molecule is CCn1ncc(Cl)c1C1CC(C)CCC1CNC1CC1. The molecule has 20 heavy (non-hydrogen) atoms. The van der Waals surface area contributed by atoms with E-state index in [-0.39, 0.29) is 0 Å². The van der Waals surface area contributed by atoms with E-state index in [1.54, 1.807) is 0 Å². The van der Waals surface area contributed by atoms with Crippen molar-refractivity contribution in [1.29, 1.82) is 0 Å². The van der Waals surface area contributed by atoms with Crippen LogP contribution in [0.15, 0.2) is 6.20 Å². The van der Waals surface area contributed by atoms with Crippen molar-refractivity contribution in [3.05, 3.63) is 16.9 Å². The molecule has 0 saturated heterocycles. The standard InChI is InChI=1S/C16H26ClN3/c1-3-20-16(15(17)10-19-20)14-8-11(2)4-5-12(14)9-18-13-6-7-13/h10-14,18H,3-9H2,1-2H3. The maximum absolute atomic E-state index is 6.44. The Morgan fingerprint density at radius 3 is 2.85 bits per heavy atom. The Bertz CT molecular complexity index is 453. The van der Waals surface area contributed by atoms with Gasteiger partial charge in [0.2, 0.25) is 0 Å². The molecule has 112 valence electrons. The Balaban J connectivity index is 1.78. The summed E-state index contributed by atoms with van der Waals surface area (Å²) in [4.78, 5) is 0. The number of aryl methyl sites for hydroxylation is 1. The minimum Gasteiger partial charge on any atom is -0.314 e. The molecule has 3 unspecified atom stereocenters. The fourth-order valence-corrected chi connectivity index (χ4v) is 3.90. The van der Waals surface area contributed by atoms with E-state index in [0.29, 0.717) is 11.8 Å². The number of hydrogen-bond acceptors (Lipinski definition) is 2. The van der Waals surface area contributed by atoms with Gasteiger partial charge >= 0.3 is 0 Å². The average Bonchev–Trinajstić information content (AvgIpc) is 3.19. The smallest absolute Gasteiger partial charge is 0.0820 e. The molecule has 3 rings (SSSR count). The summed E-state index contributed by atoms with van der Waals surface area (Å²) in [5.74, 6) is 2.08. The van der Waals surface area contributed by atoms with Crippen LogP contribution in [0.4, 0.5) is 0 Å². The van der Waals surface area contributed by atoms with Gasteiger partial charge in [-0.3, -0.25) is 4.68 Å². The number of aromatic nitrogens is 2. The van der Waals surface area contributed by atoms with Crippen LogP contribution < -0.4 is 5.32 Å². The van der Waals surface area contributed by atoms with Gasteiger partial charge in [-0.1, -0.05) is 24.9 Å². The van der Waals surface area contributed by atoms with Crippen LogP contribution in [0, 0.1) is 11.8 Å². The number of nitrogens with zero attached hydrogens (tertiary/aromatic N) is 2. The van der Waals surface area contributed by atoms with Crippen LogP contribution in [-0.4, -0.2) is 22.4 Å². The summed E-state index contributed by atoms with van der Waals surface area (Å²) in [5.41, 5.74) is 1.28. The zero-order valence-corrected chi connectivity index (χ0v) is 13.4. The maximum Gasteiger partial charge on any atom is 0.0820 e. The zero-order chi connectivity index (χ0) is 14.1. The molecule has 3 atom stereocenters. The molecule has 4 heteroatoms. The van der Waals surface area contributed by atoms with Gasteiger partial charge in [-0.15, -0.1) is 0 Å². The van der Waals surface area contributed by atoms with Crippen molar-refractivity contribution in [1.82, 2.24) is 15.1 Å². The lowest BCUT2D eigenvalue weighted by Crippen LogP contribution is -2.33. The van der Waals surface area contributed by atoms with Crippen LogP contribution in [-0.2, 0) is 6.54 Å². The molecule has 0 spiro atoms. The van der Waals surface area contributed by atoms with E-state index in [1.165, 1.54) is 37.8 Å². The van der Waals surface area contributed by atoms with E-state index in [1.807, 2.05) is 6.20 Å². The molecule has 2 aliphatic rings. The molecule has 2 fully saturated rings. The van der Waals surface area contributed by atoms with E-state index in [0.717, 1.165) is 30.1 Å². The second-order valence-corrected chi connectivity index (χ2v) is 7.07.